The normalized spacial score (nSPS) is 12.0. The van der Waals surface area contributed by atoms with Gasteiger partial charge in [-0.2, -0.15) is 5.10 Å². The number of allylic oxidation sites excluding steroid dienone is 2. The van der Waals surface area contributed by atoms with E-state index in [1.165, 1.54) is 0 Å². The summed E-state index contributed by atoms with van der Waals surface area (Å²) in [6, 6.07) is 15.8. The van der Waals surface area contributed by atoms with Crippen molar-refractivity contribution < 1.29 is 14.3 Å². The molecule has 2 aromatic rings. The highest BCUT2D eigenvalue weighted by Crippen LogP contribution is 2.21. The van der Waals surface area contributed by atoms with Crippen LogP contribution >= 0.6 is 0 Å². The van der Waals surface area contributed by atoms with E-state index < -0.39 is 5.97 Å². The Balaban J connectivity index is 0.00000218. The Morgan fingerprint density at radius 3 is 2.27 bits per heavy atom. The first-order valence-electron chi connectivity index (χ1n) is 10.1. The SMILES string of the molecule is CC.CCOC(=O)/C(C)=N/N=C(\C=C(/C)c1cccc(OC)c1)c1ccc(C)cc1. The summed E-state index contributed by atoms with van der Waals surface area (Å²) in [7, 11) is 1.64. The van der Waals surface area contributed by atoms with Gasteiger partial charge in [0.05, 0.1) is 19.4 Å². The molecule has 0 spiro atoms. The van der Waals surface area contributed by atoms with E-state index in [-0.39, 0.29) is 5.71 Å². The first-order chi connectivity index (χ1) is 14.4. The number of benzene rings is 2. The minimum absolute atomic E-state index is 0.207. The van der Waals surface area contributed by atoms with Gasteiger partial charge in [-0.25, -0.2) is 4.79 Å². The number of nitrogens with zero attached hydrogens (tertiary/aromatic N) is 2. The Kier molecular flexibility index (Phi) is 10.8. The number of methoxy groups -OCH3 is 1. The van der Waals surface area contributed by atoms with Crippen LogP contribution in [-0.4, -0.2) is 31.1 Å². The molecule has 0 saturated carbocycles. The molecule has 2 aromatic carbocycles. The van der Waals surface area contributed by atoms with Gasteiger partial charge in [-0.05, 0) is 57.0 Å². The van der Waals surface area contributed by atoms with Crippen LogP contribution in [0.25, 0.3) is 5.57 Å². The predicted molar refractivity (Wildman–Crippen MR) is 125 cm³/mol. The molecule has 2 rings (SSSR count). The van der Waals surface area contributed by atoms with Crippen LogP contribution in [0, 0.1) is 6.92 Å². The molecule has 0 atom stereocenters. The number of ether oxygens (including phenoxy) is 2. The largest absolute Gasteiger partial charge is 0.497 e. The van der Waals surface area contributed by atoms with Gasteiger partial charge in [0.2, 0.25) is 0 Å². The van der Waals surface area contributed by atoms with Crippen molar-refractivity contribution in [3.63, 3.8) is 0 Å². The van der Waals surface area contributed by atoms with Crippen LogP contribution in [0.3, 0.4) is 0 Å². The van der Waals surface area contributed by atoms with E-state index in [0.29, 0.717) is 12.3 Å². The van der Waals surface area contributed by atoms with Crippen LogP contribution in [0.2, 0.25) is 0 Å². The predicted octanol–water partition coefficient (Wildman–Crippen LogP) is 5.86. The lowest BCUT2D eigenvalue weighted by atomic mass is 10.0. The Morgan fingerprint density at radius 2 is 1.67 bits per heavy atom. The van der Waals surface area contributed by atoms with E-state index in [1.54, 1.807) is 21.0 Å². The summed E-state index contributed by atoms with van der Waals surface area (Å²) in [5, 5.41) is 8.41. The number of rotatable bonds is 7. The maximum atomic E-state index is 11.8. The second-order valence-corrected chi connectivity index (χ2v) is 6.32. The zero-order valence-electron chi connectivity index (χ0n) is 19.0. The number of hydrogen-bond donors (Lipinski definition) is 0. The molecule has 5 heteroatoms. The van der Waals surface area contributed by atoms with Crippen LogP contribution in [0.4, 0.5) is 0 Å². The van der Waals surface area contributed by atoms with Gasteiger partial charge in [-0.15, -0.1) is 5.10 Å². The van der Waals surface area contributed by atoms with Gasteiger partial charge in [0.25, 0.3) is 0 Å². The lowest BCUT2D eigenvalue weighted by Crippen LogP contribution is -2.13. The van der Waals surface area contributed by atoms with Crippen molar-refractivity contribution >= 4 is 23.0 Å². The molecule has 0 aliphatic carbocycles. The number of carbonyl (C=O) groups excluding carboxylic acids is 1. The highest BCUT2D eigenvalue weighted by atomic mass is 16.5. The van der Waals surface area contributed by atoms with Crippen molar-refractivity contribution in [3.05, 3.63) is 71.3 Å². The van der Waals surface area contributed by atoms with Crippen LogP contribution in [-0.2, 0) is 9.53 Å². The third kappa shape index (κ3) is 7.66. The first kappa shape index (κ1) is 24.8. The molecular formula is C25H32N2O3. The van der Waals surface area contributed by atoms with Crippen LogP contribution in [0.15, 0.2) is 64.8 Å². The van der Waals surface area contributed by atoms with Gasteiger partial charge in [0.1, 0.15) is 11.5 Å². The summed E-state index contributed by atoms with van der Waals surface area (Å²) in [6.45, 7) is 11.7. The van der Waals surface area contributed by atoms with Crippen molar-refractivity contribution in [3.8, 4) is 5.75 Å². The molecule has 0 aliphatic heterocycles. The number of aryl methyl sites for hydroxylation is 1. The second kappa shape index (κ2) is 13.1. The zero-order chi connectivity index (χ0) is 22.5. The van der Waals surface area contributed by atoms with E-state index in [4.69, 9.17) is 9.47 Å². The molecule has 5 nitrogen and oxygen atoms in total. The minimum Gasteiger partial charge on any atom is -0.497 e. The maximum absolute atomic E-state index is 11.8. The Bertz CT molecular complexity index is 910. The molecule has 0 saturated heterocycles. The molecule has 0 radical (unpaired) electrons. The molecular weight excluding hydrogens is 376 g/mol. The van der Waals surface area contributed by atoms with Gasteiger partial charge >= 0.3 is 5.97 Å². The van der Waals surface area contributed by atoms with E-state index in [9.17, 15) is 4.79 Å². The molecule has 0 N–H and O–H groups in total. The number of carbonyl (C=O) groups is 1. The van der Waals surface area contributed by atoms with Crippen LogP contribution < -0.4 is 4.74 Å². The lowest BCUT2D eigenvalue weighted by molar-refractivity contribution is -0.135. The van der Waals surface area contributed by atoms with Crippen molar-refractivity contribution in [1.82, 2.24) is 0 Å². The third-order valence-corrected chi connectivity index (χ3v) is 4.10. The molecule has 0 aromatic heterocycles. The first-order valence-corrected chi connectivity index (χ1v) is 10.1. The van der Waals surface area contributed by atoms with Gasteiger partial charge in [-0.3, -0.25) is 0 Å². The Morgan fingerprint density at radius 1 is 1.00 bits per heavy atom. The smallest absolute Gasteiger partial charge is 0.354 e. The molecule has 30 heavy (non-hydrogen) atoms. The summed E-state index contributed by atoms with van der Waals surface area (Å²) in [6.07, 6.45) is 1.95. The molecule has 0 aliphatic rings. The fourth-order valence-electron chi connectivity index (χ4n) is 2.46. The summed E-state index contributed by atoms with van der Waals surface area (Å²) >= 11 is 0. The summed E-state index contributed by atoms with van der Waals surface area (Å²) in [5.41, 5.74) is 4.95. The van der Waals surface area contributed by atoms with Gasteiger partial charge in [0, 0.05) is 5.56 Å². The highest BCUT2D eigenvalue weighted by molar-refractivity contribution is 6.35. The standard InChI is InChI=1S/C23H26N2O3.C2H6/c1-6-28-23(26)18(4)24-25-22(19-12-10-16(2)11-13-19)14-17(3)20-8-7-9-21(15-20)27-5;1-2/h7-15H,6H2,1-5H3;1-2H3/b17-14+,24-18+,25-22+;. The van der Waals surface area contributed by atoms with Gasteiger partial charge in [0.15, 0.2) is 0 Å². The van der Waals surface area contributed by atoms with E-state index in [0.717, 1.165) is 28.0 Å². The third-order valence-electron chi connectivity index (χ3n) is 4.10. The number of hydrogen-bond acceptors (Lipinski definition) is 5. The lowest BCUT2D eigenvalue weighted by Gasteiger charge is -2.07. The van der Waals surface area contributed by atoms with Crippen LogP contribution in [0.1, 0.15) is 51.3 Å². The monoisotopic (exact) mass is 408 g/mol. The molecule has 0 unspecified atom stereocenters. The molecule has 0 heterocycles. The zero-order valence-corrected chi connectivity index (χ0v) is 19.0. The van der Waals surface area contributed by atoms with E-state index in [2.05, 4.69) is 10.2 Å². The number of esters is 1. The summed E-state index contributed by atoms with van der Waals surface area (Å²) < 4.78 is 10.3. The topological polar surface area (TPSA) is 60.2 Å². The van der Waals surface area contributed by atoms with E-state index >= 15 is 0 Å². The summed E-state index contributed by atoms with van der Waals surface area (Å²) in [4.78, 5) is 11.8. The second-order valence-electron chi connectivity index (χ2n) is 6.32. The van der Waals surface area contributed by atoms with Gasteiger partial charge < -0.3 is 9.47 Å². The quantitative estimate of drug-likeness (QED) is 0.327. The molecule has 160 valence electrons. The van der Waals surface area contributed by atoms with Gasteiger partial charge in [-0.1, -0.05) is 55.8 Å². The average Bonchev–Trinajstić information content (AvgIpc) is 2.78. The fraction of sp³-hybridized carbons (Fsp3) is 0.320. The fourth-order valence-corrected chi connectivity index (χ4v) is 2.46. The Labute approximate surface area is 180 Å². The van der Waals surface area contributed by atoms with Crippen molar-refractivity contribution in [2.75, 3.05) is 13.7 Å². The van der Waals surface area contributed by atoms with Crippen molar-refractivity contribution in [2.24, 2.45) is 10.2 Å². The molecule has 0 fully saturated rings. The van der Waals surface area contributed by atoms with Crippen molar-refractivity contribution in [2.45, 2.75) is 41.5 Å². The van der Waals surface area contributed by atoms with Crippen LogP contribution in [0.5, 0.6) is 5.75 Å². The molecule has 0 amide bonds. The molecule has 0 bridgehead atoms. The minimum atomic E-state index is -0.469. The maximum Gasteiger partial charge on any atom is 0.354 e. The summed E-state index contributed by atoms with van der Waals surface area (Å²) in [5.74, 6) is 0.318. The van der Waals surface area contributed by atoms with E-state index in [1.807, 2.05) is 82.3 Å². The Hall–Kier alpha value is -3.21. The van der Waals surface area contributed by atoms with Crippen molar-refractivity contribution in [1.29, 1.82) is 0 Å². The average molecular weight is 409 g/mol. The highest BCUT2D eigenvalue weighted by Gasteiger charge is 2.08.